The summed E-state index contributed by atoms with van der Waals surface area (Å²) in [6, 6.07) is 0. The van der Waals surface area contributed by atoms with Crippen LogP contribution in [0, 0.1) is 44.8 Å². The zero-order valence-electron chi connectivity index (χ0n) is 29.4. The maximum Gasteiger partial charge on any atom is 0.313 e. The topological polar surface area (TPSA) is 214 Å². The summed E-state index contributed by atoms with van der Waals surface area (Å²) >= 11 is 0. The van der Waals surface area contributed by atoms with E-state index in [9.17, 15) is 50.4 Å². The van der Waals surface area contributed by atoms with Gasteiger partial charge in [0.15, 0.2) is 6.29 Å². The fourth-order valence-corrected chi connectivity index (χ4v) is 11.3. The van der Waals surface area contributed by atoms with Crippen molar-refractivity contribution in [1.29, 1.82) is 0 Å². The molecule has 1 saturated heterocycles. The van der Waals surface area contributed by atoms with Gasteiger partial charge in [0, 0.05) is 5.92 Å². The molecule has 0 amide bonds. The second-order valence-electron chi connectivity index (χ2n) is 17.2. The van der Waals surface area contributed by atoms with E-state index in [2.05, 4.69) is 20.8 Å². The lowest BCUT2D eigenvalue weighted by molar-refractivity contribution is -0.342. The molecular weight excluding hydrogens is 624 g/mol. The Morgan fingerprint density at radius 1 is 0.979 bits per heavy atom. The van der Waals surface area contributed by atoms with Crippen LogP contribution in [0.15, 0.2) is 11.6 Å². The van der Waals surface area contributed by atoms with Crippen LogP contribution in [0.4, 0.5) is 0 Å². The Morgan fingerprint density at radius 3 is 2.21 bits per heavy atom. The zero-order chi connectivity index (χ0) is 35.9. The highest BCUT2D eigenvalue weighted by molar-refractivity contribution is 5.80. The molecule has 4 aliphatic carbocycles. The van der Waals surface area contributed by atoms with Crippen molar-refractivity contribution in [3.05, 3.63) is 11.6 Å². The number of aliphatic hydroxyl groups excluding tert-OH is 7. The Hall–Kier alpha value is -1.48. The predicted octanol–water partition coefficient (Wildman–Crippen LogP) is 1.54. The van der Waals surface area contributed by atoms with Crippen LogP contribution in [0.3, 0.4) is 0 Å². The summed E-state index contributed by atoms with van der Waals surface area (Å²) in [7, 11) is 0. The van der Waals surface area contributed by atoms with Gasteiger partial charge in [0.1, 0.15) is 30.2 Å². The van der Waals surface area contributed by atoms with E-state index in [-0.39, 0.29) is 35.9 Å². The molecule has 0 spiro atoms. The first-order valence-corrected chi connectivity index (χ1v) is 17.6. The van der Waals surface area contributed by atoms with Gasteiger partial charge in [-0.25, -0.2) is 0 Å². The third-order valence-corrected chi connectivity index (χ3v) is 14.5. The van der Waals surface area contributed by atoms with Gasteiger partial charge >= 0.3 is 5.97 Å². The highest BCUT2D eigenvalue weighted by Crippen LogP contribution is 2.74. The van der Waals surface area contributed by atoms with Crippen molar-refractivity contribution in [3.8, 4) is 0 Å². The first-order chi connectivity index (χ1) is 22.1. The third-order valence-electron chi connectivity index (χ3n) is 14.5. The van der Waals surface area contributed by atoms with Crippen LogP contribution < -0.4 is 0 Å². The normalized spacial score (nSPS) is 49.8. The summed E-state index contributed by atoms with van der Waals surface area (Å²) < 4.78 is 11.9. The highest BCUT2D eigenvalue weighted by atomic mass is 16.7. The Morgan fingerprint density at radius 2 is 1.62 bits per heavy atom. The van der Waals surface area contributed by atoms with Gasteiger partial charge in [-0.15, -0.1) is 0 Å². The molecule has 5 rings (SSSR count). The quantitative estimate of drug-likeness (QED) is 0.135. The lowest BCUT2D eigenvalue weighted by atomic mass is 9.34. The van der Waals surface area contributed by atoms with Gasteiger partial charge in [-0.05, 0) is 90.9 Å². The zero-order valence-corrected chi connectivity index (χ0v) is 29.4. The summed E-state index contributed by atoms with van der Waals surface area (Å²) in [5.74, 6) is -2.05. The summed E-state index contributed by atoms with van der Waals surface area (Å²) in [5.41, 5.74) is -2.78. The number of hydrogen-bond donors (Lipinski definition) is 8. The molecule has 1 heterocycles. The molecule has 3 saturated carbocycles. The van der Waals surface area contributed by atoms with E-state index >= 15 is 0 Å². The van der Waals surface area contributed by atoms with E-state index < -0.39 is 95.3 Å². The van der Waals surface area contributed by atoms with Crippen LogP contribution in [0.25, 0.3) is 0 Å². The Kier molecular flexibility index (Phi) is 9.94. The number of ketones is 1. The summed E-state index contributed by atoms with van der Waals surface area (Å²) in [6.07, 6.45) is -6.59. The van der Waals surface area contributed by atoms with Gasteiger partial charge in [0.25, 0.3) is 0 Å². The highest BCUT2D eigenvalue weighted by Gasteiger charge is 2.70. The van der Waals surface area contributed by atoms with Gasteiger partial charge in [-0.3, -0.25) is 9.59 Å². The van der Waals surface area contributed by atoms with Crippen LogP contribution in [0.2, 0.25) is 0 Å². The smallest absolute Gasteiger partial charge is 0.313 e. The van der Waals surface area contributed by atoms with Crippen molar-refractivity contribution in [2.45, 2.75) is 149 Å². The van der Waals surface area contributed by atoms with Crippen LogP contribution in [-0.2, 0) is 19.1 Å². The minimum absolute atomic E-state index is 0.00704. The minimum atomic E-state index is -1.60. The molecule has 16 atom stereocenters. The predicted molar refractivity (Wildman–Crippen MR) is 172 cm³/mol. The van der Waals surface area contributed by atoms with Crippen molar-refractivity contribution in [2.24, 2.45) is 44.8 Å². The van der Waals surface area contributed by atoms with Crippen LogP contribution in [0.5, 0.6) is 0 Å². The van der Waals surface area contributed by atoms with Gasteiger partial charge < -0.3 is 50.3 Å². The first kappa shape index (κ1) is 37.8. The second kappa shape index (κ2) is 12.6. The van der Waals surface area contributed by atoms with Crippen molar-refractivity contribution in [3.63, 3.8) is 0 Å². The molecular formula is C36H58O12. The van der Waals surface area contributed by atoms with Crippen molar-refractivity contribution in [1.82, 2.24) is 0 Å². The van der Waals surface area contributed by atoms with Crippen LogP contribution in [-0.4, -0.2) is 114 Å². The van der Waals surface area contributed by atoms with E-state index in [0.29, 0.717) is 24.8 Å². The maximum atomic E-state index is 12.8. The molecule has 1 aliphatic heterocycles. The number of hydrogen-bond acceptors (Lipinski definition) is 11. The van der Waals surface area contributed by atoms with E-state index in [0.717, 1.165) is 12.8 Å². The Bertz CT molecular complexity index is 1280. The molecule has 12 nitrogen and oxygen atoms in total. The molecule has 4 fully saturated rings. The first-order valence-electron chi connectivity index (χ1n) is 17.6. The average molecular weight is 683 g/mol. The number of rotatable bonds is 8. The number of carbonyl (C=O) groups excluding carboxylic acids is 1. The monoisotopic (exact) mass is 682 g/mol. The Balaban J connectivity index is 1.45. The number of ether oxygens (including phenoxy) is 2. The minimum Gasteiger partial charge on any atom is -0.481 e. The van der Waals surface area contributed by atoms with Crippen LogP contribution >= 0.6 is 0 Å². The number of aliphatic carboxylic acids is 1. The molecule has 16 unspecified atom stereocenters. The lowest BCUT2D eigenvalue weighted by Gasteiger charge is -2.71. The molecule has 8 N–H and O–H groups in total. The van der Waals surface area contributed by atoms with E-state index in [1.807, 2.05) is 13.8 Å². The lowest BCUT2D eigenvalue weighted by Crippen LogP contribution is -2.69. The largest absolute Gasteiger partial charge is 0.481 e. The van der Waals surface area contributed by atoms with Gasteiger partial charge in [-0.1, -0.05) is 47.6 Å². The van der Waals surface area contributed by atoms with E-state index in [1.165, 1.54) is 6.92 Å². The van der Waals surface area contributed by atoms with Gasteiger partial charge in [0.05, 0.1) is 36.4 Å². The van der Waals surface area contributed by atoms with Crippen molar-refractivity contribution in [2.75, 3.05) is 6.61 Å². The molecule has 0 bridgehead atoms. The molecule has 0 aromatic heterocycles. The standard InChI is InChI=1S/C36H58O12/c1-17(18(2)38)21(40)15-36(31(45)46)11-10-34(6)19(13-36)20(39)12-25-33(5)14-22(41)29(32(3,4)24(33)8-9-35(25,34)7)48-30-28(44)27(43)26(42)23(16-37)47-30/h13,17,20-30,37,39-44H,8-12,14-16H2,1-7H3,(H,45,46). The number of fused-ring (bicyclic) bond motifs is 5. The molecule has 0 radical (unpaired) electrons. The van der Waals surface area contributed by atoms with E-state index in [1.54, 1.807) is 13.0 Å². The number of Topliss-reactive ketones (excluding diaryl/α,β-unsaturated/α-hetero) is 1. The number of carboxylic acid groups (broad SMARTS) is 1. The number of aliphatic hydroxyl groups is 7. The molecule has 274 valence electrons. The number of carbonyl (C=O) groups is 2. The Labute approximate surface area is 283 Å². The SMILES string of the molecule is CC(=O)C(C)C(O)CC1(C(=O)O)C=C2C(O)CC3C4(C)CC(O)C(OC5OC(CO)C(O)C(O)C5O)C(C)(C)C4CCC3(C)C2(C)CC1. The summed E-state index contributed by atoms with van der Waals surface area (Å²) in [5, 5.41) is 86.0. The molecule has 0 aromatic carbocycles. The molecule has 48 heavy (non-hydrogen) atoms. The summed E-state index contributed by atoms with van der Waals surface area (Å²) in [4.78, 5) is 24.8. The average Bonchev–Trinajstić information content (AvgIpc) is 3.00. The summed E-state index contributed by atoms with van der Waals surface area (Å²) in [6.45, 7) is 12.9. The van der Waals surface area contributed by atoms with Gasteiger partial charge in [-0.2, -0.15) is 0 Å². The fraction of sp³-hybridized carbons (Fsp3) is 0.889. The third kappa shape index (κ3) is 5.53. The molecule has 0 aromatic rings. The van der Waals surface area contributed by atoms with Crippen molar-refractivity contribution >= 4 is 11.8 Å². The molecule has 12 heteroatoms. The van der Waals surface area contributed by atoms with E-state index in [4.69, 9.17) is 9.47 Å². The van der Waals surface area contributed by atoms with Crippen LogP contribution in [0.1, 0.15) is 93.4 Å². The molecule has 5 aliphatic rings. The second-order valence-corrected chi connectivity index (χ2v) is 17.2. The van der Waals surface area contributed by atoms with Gasteiger partial charge in [0.2, 0.25) is 0 Å². The number of carboxylic acids is 1. The van der Waals surface area contributed by atoms with Crippen molar-refractivity contribution < 1.29 is 59.9 Å². The fourth-order valence-electron chi connectivity index (χ4n) is 11.3. The maximum absolute atomic E-state index is 12.8.